The van der Waals surface area contributed by atoms with E-state index in [4.69, 9.17) is 4.52 Å². The molecule has 0 bridgehead atoms. The molecule has 0 saturated carbocycles. The highest BCUT2D eigenvalue weighted by atomic mass is 32.2. The number of halogens is 1. The number of carbonyl (C=O) groups is 1. The molecule has 2 rings (SSSR count). The van der Waals surface area contributed by atoms with Crippen LogP contribution in [0.2, 0.25) is 0 Å². The van der Waals surface area contributed by atoms with Crippen molar-refractivity contribution in [3.05, 3.63) is 47.1 Å². The molecule has 0 aliphatic heterocycles. The molecule has 0 spiro atoms. The minimum Gasteiger partial charge on any atom is -0.360 e. The van der Waals surface area contributed by atoms with Crippen molar-refractivity contribution in [1.82, 2.24) is 10.5 Å². The van der Waals surface area contributed by atoms with E-state index in [9.17, 15) is 9.18 Å². The first-order chi connectivity index (χ1) is 11.0. The Balaban J connectivity index is 1.77. The summed E-state index contributed by atoms with van der Waals surface area (Å²) in [6, 6.07) is 6.42. The summed E-state index contributed by atoms with van der Waals surface area (Å²) >= 11 is 1.64. The summed E-state index contributed by atoms with van der Waals surface area (Å²) < 4.78 is 18.0. The van der Waals surface area contributed by atoms with Crippen LogP contribution in [0.1, 0.15) is 48.0 Å². The lowest BCUT2D eigenvalue weighted by atomic mass is 10.0. The molecule has 0 atom stereocenters. The van der Waals surface area contributed by atoms with Gasteiger partial charge in [-0.1, -0.05) is 19.0 Å². The molecule has 0 fully saturated rings. The summed E-state index contributed by atoms with van der Waals surface area (Å²) in [6.45, 7) is 6.29. The van der Waals surface area contributed by atoms with Gasteiger partial charge in [0.25, 0.3) is 5.91 Å². The van der Waals surface area contributed by atoms with Gasteiger partial charge >= 0.3 is 0 Å². The number of carbonyl (C=O) groups excluding carboxylic acids is 1. The highest BCUT2D eigenvalue weighted by molar-refractivity contribution is 7.99. The minimum absolute atomic E-state index is 0.117. The molecule has 124 valence electrons. The van der Waals surface area contributed by atoms with E-state index in [2.05, 4.69) is 10.5 Å². The number of rotatable bonds is 7. The lowest BCUT2D eigenvalue weighted by molar-refractivity contribution is 0.0950. The van der Waals surface area contributed by atoms with Crippen molar-refractivity contribution in [1.29, 1.82) is 0 Å². The van der Waals surface area contributed by atoms with Crippen LogP contribution in [0.4, 0.5) is 4.39 Å². The Morgan fingerprint density at radius 2 is 2.04 bits per heavy atom. The fourth-order valence-electron chi connectivity index (χ4n) is 2.14. The maximum Gasteiger partial charge on any atom is 0.256 e. The maximum absolute atomic E-state index is 12.8. The van der Waals surface area contributed by atoms with E-state index in [1.54, 1.807) is 30.8 Å². The molecule has 0 saturated heterocycles. The van der Waals surface area contributed by atoms with E-state index >= 15 is 0 Å². The number of aromatic nitrogens is 1. The molecule has 1 amide bonds. The molecular weight excluding hydrogens is 315 g/mol. The topological polar surface area (TPSA) is 55.1 Å². The van der Waals surface area contributed by atoms with Gasteiger partial charge in [-0.05, 0) is 43.4 Å². The van der Waals surface area contributed by atoms with Crippen LogP contribution >= 0.6 is 11.8 Å². The third-order valence-corrected chi connectivity index (χ3v) is 4.43. The average Bonchev–Trinajstić information content (AvgIpc) is 2.90. The van der Waals surface area contributed by atoms with Crippen molar-refractivity contribution < 1.29 is 13.7 Å². The molecule has 6 heteroatoms. The summed E-state index contributed by atoms with van der Waals surface area (Å²) in [5.74, 6) is 1.23. The SMILES string of the molecule is Cc1noc(C(C)C)c1C(=O)NCCCSc1ccc(F)cc1. The first-order valence-corrected chi connectivity index (χ1v) is 8.60. The van der Waals surface area contributed by atoms with Crippen molar-refractivity contribution in [2.75, 3.05) is 12.3 Å². The average molecular weight is 336 g/mol. The van der Waals surface area contributed by atoms with E-state index in [1.807, 2.05) is 13.8 Å². The largest absolute Gasteiger partial charge is 0.360 e. The highest BCUT2D eigenvalue weighted by Crippen LogP contribution is 2.22. The summed E-state index contributed by atoms with van der Waals surface area (Å²) in [4.78, 5) is 13.3. The molecule has 4 nitrogen and oxygen atoms in total. The van der Waals surface area contributed by atoms with Crippen LogP contribution in [0, 0.1) is 12.7 Å². The van der Waals surface area contributed by atoms with Gasteiger partial charge in [0.05, 0.1) is 5.69 Å². The third-order valence-electron chi connectivity index (χ3n) is 3.33. The Labute approximate surface area is 139 Å². The first-order valence-electron chi connectivity index (χ1n) is 7.61. The van der Waals surface area contributed by atoms with Crippen molar-refractivity contribution in [2.45, 2.75) is 38.0 Å². The number of amides is 1. The van der Waals surface area contributed by atoms with Gasteiger partial charge in [-0.2, -0.15) is 0 Å². The van der Waals surface area contributed by atoms with Crippen LogP contribution in [0.3, 0.4) is 0 Å². The number of nitrogens with one attached hydrogen (secondary N) is 1. The molecule has 1 N–H and O–H groups in total. The molecule has 0 radical (unpaired) electrons. The van der Waals surface area contributed by atoms with Gasteiger partial charge in [-0.15, -0.1) is 11.8 Å². The van der Waals surface area contributed by atoms with Crippen LogP contribution in [-0.4, -0.2) is 23.4 Å². The number of aryl methyl sites for hydroxylation is 1. The van der Waals surface area contributed by atoms with E-state index < -0.39 is 0 Å². The van der Waals surface area contributed by atoms with Gasteiger partial charge in [-0.3, -0.25) is 4.79 Å². The summed E-state index contributed by atoms with van der Waals surface area (Å²) in [5.41, 5.74) is 1.16. The monoisotopic (exact) mass is 336 g/mol. The fraction of sp³-hybridized carbons (Fsp3) is 0.412. The van der Waals surface area contributed by atoms with Crippen molar-refractivity contribution in [2.24, 2.45) is 0 Å². The second-order valence-corrected chi connectivity index (χ2v) is 6.74. The normalized spacial score (nSPS) is 11.0. The highest BCUT2D eigenvalue weighted by Gasteiger charge is 2.21. The Hall–Kier alpha value is -1.82. The van der Waals surface area contributed by atoms with E-state index in [0.29, 0.717) is 23.6 Å². The van der Waals surface area contributed by atoms with E-state index in [0.717, 1.165) is 17.1 Å². The molecule has 1 aromatic carbocycles. The Bertz CT molecular complexity index is 653. The van der Waals surface area contributed by atoms with E-state index in [1.165, 1.54) is 12.1 Å². The zero-order chi connectivity index (χ0) is 16.8. The third kappa shape index (κ3) is 4.82. The van der Waals surface area contributed by atoms with Crippen LogP contribution in [-0.2, 0) is 0 Å². The molecule has 1 aromatic heterocycles. The zero-order valence-electron chi connectivity index (χ0n) is 13.6. The molecule has 23 heavy (non-hydrogen) atoms. The number of thioether (sulfide) groups is 1. The van der Waals surface area contributed by atoms with Crippen LogP contribution < -0.4 is 5.32 Å². The second kappa shape index (κ2) is 8.15. The van der Waals surface area contributed by atoms with Gasteiger partial charge in [0.15, 0.2) is 5.76 Å². The quantitative estimate of drug-likeness (QED) is 0.609. The van der Waals surface area contributed by atoms with Gasteiger partial charge in [0, 0.05) is 17.4 Å². The molecule has 0 unspecified atom stereocenters. The molecule has 1 heterocycles. The predicted molar refractivity (Wildman–Crippen MR) is 89.4 cm³/mol. The van der Waals surface area contributed by atoms with Crippen molar-refractivity contribution in [3.63, 3.8) is 0 Å². The van der Waals surface area contributed by atoms with Gasteiger partial charge in [0.2, 0.25) is 0 Å². The Morgan fingerprint density at radius 3 is 2.70 bits per heavy atom. The Morgan fingerprint density at radius 1 is 1.35 bits per heavy atom. The smallest absolute Gasteiger partial charge is 0.256 e. The number of nitrogens with zero attached hydrogens (tertiary/aromatic N) is 1. The van der Waals surface area contributed by atoms with Gasteiger partial charge in [-0.25, -0.2) is 4.39 Å². The summed E-state index contributed by atoms with van der Waals surface area (Å²) in [6.07, 6.45) is 0.828. The van der Waals surface area contributed by atoms with Gasteiger partial charge < -0.3 is 9.84 Å². The van der Waals surface area contributed by atoms with Crippen LogP contribution in [0.25, 0.3) is 0 Å². The van der Waals surface area contributed by atoms with Crippen molar-refractivity contribution in [3.8, 4) is 0 Å². The zero-order valence-corrected chi connectivity index (χ0v) is 14.4. The number of hydrogen-bond donors (Lipinski definition) is 1. The lowest BCUT2D eigenvalue weighted by Crippen LogP contribution is -2.26. The van der Waals surface area contributed by atoms with Crippen molar-refractivity contribution >= 4 is 17.7 Å². The summed E-state index contributed by atoms with van der Waals surface area (Å²) in [5, 5.41) is 6.78. The second-order valence-electron chi connectivity index (χ2n) is 5.57. The van der Waals surface area contributed by atoms with Crippen LogP contribution in [0.5, 0.6) is 0 Å². The minimum atomic E-state index is -0.230. The van der Waals surface area contributed by atoms with E-state index in [-0.39, 0.29) is 17.6 Å². The lowest BCUT2D eigenvalue weighted by Gasteiger charge is -2.07. The summed E-state index contributed by atoms with van der Waals surface area (Å²) in [7, 11) is 0. The standard InChI is InChI=1S/C17H21FN2O2S/c1-11(2)16-15(12(3)20-22-16)17(21)19-9-4-10-23-14-7-5-13(18)6-8-14/h5-8,11H,4,9-10H2,1-3H3,(H,19,21). The van der Waals surface area contributed by atoms with Gasteiger partial charge in [0.1, 0.15) is 11.4 Å². The molecule has 0 aliphatic rings. The molecule has 0 aliphatic carbocycles. The molecule has 2 aromatic rings. The maximum atomic E-state index is 12.8. The Kier molecular flexibility index (Phi) is 6.21. The number of hydrogen-bond acceptors (Lipinski definition) is 4. The fourth-order valence-corrected chi connectivity index (χ4v) is 2.99. The predicted octanol–water partition coefficient (Wildman–Crippen LogP) is 4.16. The molecular formula is C17H21FN2O2S. The number of benzene rings is 1. The van der Waals surface area contributed by atoms with Crippen LogP contribution in [0.15, 0.2) is 33.7 Å². The first kappa shape index (κ1) is 17.5.